The van der Waals surface area contributed by atoms with Gasteiger partial charge in [0.1, 0.15) is 23.6 Å². The third-order valence-electron chi connectivity index (χ3n) is 4.96. The number of anilines is 2. The third kappa shape index (κ3) is 2.73. The van der Waals surface area contributed by atoms with Crippen molar-refractivity contribution in [3.8, 4) is 6.07 Å². The topological polar surface area (TPSA) is 71.8 Å². The number of aromatic nitrogens is 3. The van der Waals surface area contributed by atoms with E-state index in [0.29, 0.717) is 17.8 Å². The average Bonchev–Trinajstić information content (AvgIpc) is 3.32. The van der Waals surface area contributed by atoms with E-state index in [-0.39, 0.29) is 11.9 Å². The van der Waals surface area contributed by atoms with Crippen molar-refractivity contribution in [1.82, 2.24) is 15.0 Å². The summed E-state index contributed by atoms with van der Waals surface area (Å²) in [5.41, 5.74) is 1.71. The molecule has 1 aliphatic heterocycles. The molecule has 0 bridgehead atoms. The van der Waals surface area contributed by atoms with E-state index in [1.807, 2.05) is 25.3 Å². The maximum Gasteiger partial charge on any atom is 0.147 e. The van der Waals surface area contributed by atoms with Crippen molar-refractivity contribution in [3.63, 3.8) is 0 Å². The highest BCUT2D eigenvalue weighted by Gasteiger charge is 2.30. The van der Waals surface area contributed by atoms with E-state index >= 15 is 0 Å². The normalized spacial score (nSPS) is 16.8. The summed E-state index contributed by atoms with van der Waals surface area (Å²) in [5.74, 6) is 0.564. The van der Waals surface area contributed by atoms with Gasteiger partial charge in [-0.3, -0.25) is 0 Å². The van der Waals surface area contributed by atoms with Crippen LogP contribution < -0.4 is 9.80 Å². The van der Waals surface area contributed by atoms with Gasteiger partial charge in [-0.2, -0.15) is 5.26 Å². The molecule has 1 atom stereocenters. The number of nitrogens with one attached hydrogen (secondary N) is 1. The van der Waals surface area contributed by atoms with Gasteiger partial charge in [-0.15, -0.1) is 0 Å². The predicted octanol–water partition coefficient (Wildman–Crippen LogP) is 3.07. The summed E-state index contributed by atoms with van der Waals surface area (Å²) >= 11 is 0. The molecule has 26 heavy (non-hydrogen) atoms. The summed E-state index contributed by atoms with van der Waals surface area (Å²) in [6.45, 7) is 4.35. The SMILES string of the molecule is CCN(c1ccc(C#N)cc1F)[C@@H]1CCN(c2ncnc3[nH]ccc23)C1. The quantitative estimate of drug-likeness (QED) is 0.783. The van der Waals surface area contributed by atoms with Crippen molar-refractivity contribution in [2.24, 2.45) is 0 Å². The Balaban J connectivity index is 1.59. The molecule has 0 unspecified atom stereocenters. The molecule has 0 saturated carbocycles. The van der Waals surface area contributed by atoms with Crippen LogP contribution in [0.2, 0.25) is 0 Å². The number of nitrogens with zero attached hydrogens (tertiary/aromatic N) is 5. The van der Waals surface area contributed by atoms with Crippen LogP contribution in [0.25, 0.3) is 11.0 Å². The van der Waals surface area contributed by atoms with Crippen molar-refractivity contribution in [2.45, 2.75) is 19.4 Å². The molecule has 1 aromatic carbocycles. The Morgan fingerprint density at radius 2 is 2.27 bits per heavy atom. The van der Waals surface area contributed by atoms with Gasteiger partial charge < -0.3 is 14.8 Å². The highest BCUT2D eigenvalue weighted by molar-refractivity contribution is 5.87. The number of aromatic amines is 1. The fourth-order valence-corrected chi connectivity index (χ4v) is 3.73. The zero-order valence-corrected chi connectivity index (χ0v) is 14.5. The summed E-state index contributed by atoms with van der Waals surface area (Å²) in [7, 11) is 0. The molecule has 3 heterocycles. The third-order valence-corrected chi connectivity index (χ3v) is 4.96. The van der Waals surface area contributed by atoms with E-state index in [4.69, 9.17) is 5.26 Å². The van der Waals surface area contributed by atoms with Crippen LogP contribution in [-0.4, -0.2) is 40.6 Å². The average molecular weight is 350 g/mol. The van der Waals surface area contributed by atoms with E-state index < -0.39 is 0 Å². The molecule has 0 spiro atoms. The van der Waals surface area contributed by atoms with Crippen LogP contribution in [0.5, 0.6) is 0 Å². The Kier molecular flexibility index (Phi) is 4.17. The Bertz CT molecular complexity index is 976. The van der Waals surface area contributed by atoms with Crippen LogP contribution in [0.3, 0.4) is 0 Å². The van der Waals surface area contributed by atoms with Gasteiger partial charge in [0.05, 0.1) is 22.7 Å². The van der Waals surface area contributed by atoms with Gasteiger partial charge in [-0.25, -0.2) is 14.4 Å². The Hall–Kier alpha value is -3.14. The van der Waals surface area contributed by atoms with E-state index in [2.05, 4.69) is 24.8 Å². The molecule has 3 aromatic rings. The Labute approximate surface area is 150 Å². The Morgan fingerprint density at radius 3 is 3.04 bits per heavy atom. The maximum absolute atomic E-state index is 14.5. The maximum atomic E-state index is 14.5. The first-order chi connectivity index (χ1) is 12.7. The fraction of sp³-hybridized carbons (Fsp3) is 0.316. The largest absolute Gasteiger partial charge is 0.365 e. The van der Waals surface area contributed by atoms with Gasteiger partial charge >= 0.3 is 0 Å². The molecular formula is C19H19FN6. The van der Waals surface area contributed by atoms with E-state index in [9.17, 15) is 4.39 Å². The number of nitriles is 1. The predicted molar refractivity (Wildman–Crippen MR) is 98.6 cm³/mol. The second kappa shape index (κ2) is 6.64. The zero-order valence-electron chi connectivity index (χ0n) is 14.5. The molecule has 1 fully saturated rings. The molecule has 6 nitrogen and oxygen atoms in total. The molecule has 7 heteroatoms. The minimum Gasteiger partial charge on any atom is -0.365 e. The molecule has 4 rings (SSSR count). The number of hydrogen-bond acceptors (Lipinski definition) is 5. The van der Waals surface area contributed by atoms with Gasteiger partial charge in [-0.1, -0.05) is 0 Å². The first kappa shape index (κ1) is 16.3. The first-order valence-electron chi connectivity index (χ1n) is 8.70. The molecule has 0 aliphatic carbocycles. The summed E-state index contributed by atoms with van der Waals surface area (Å²) in [4.78, 5) is 16.1. The summed E-state index contributed by atoms with van der Waals surface area (Å²) in [5, 5.41) is 9.94. The second-order valence-electron chi connectivity index (χ2n) is 6.39. The summed E-state index contributed by atoms with van der Waals surface area (Å²) in [6.07, 6.45) is 4.35. The zero-order chi connectivity index (χ0) is 18.1. The van der Waals surface area contributed by atoms with Crippen molar-refractivity contribution < 1.29 is 4.39 Å². The number of halogens is 1. The smallest absolute Gasteiger partial charge is 0.147 e. The molecule has 0 radical (unpaired) electrons. The minimum atomic E-state index is -0.348. The molecule has 132 valence electrons. The van der Waals surface area contributed by atoms with Crippen LogP contribution in [0.4, 0.5) is 15.9 Å². The lowest BCUT2D eigenvalue weighted by Gasteiger charge is -2.30. The highest BCUT2D eigenvalue weighted by Crippen LogP contribution is 2.30. The molecule has 1 N–H and O–H groups in total. The molecule has 0 amide bonds. The lowest BCUT2D eigenvalue weighted by molar-refractivity contribution is 0.592. The van der Waals surface area contributed by atoms with Crippen LogP contribution in [0.15, 0.2) is 36.8 Å². The van der Waals surface area contributed by atoms with E-state index in [1.165, 1.54) is 6.07 Å². The van der Waals surface area contributed by atoms with Gasteiger partial charge in [0.2, 0.25) is 0 Å². The summed E-state index contributed by atoms with van der Waals surface area (Å²) in [6, 6.07) is 8.82. The second-order valence-corrected chi connectivity index (χ2v) is 6.39. The lowest BCUT2D eigenvalue weighted by Crippen LogP contribution is -2.38. The number of fused-ring (bicyclic) bond motifs is 1. The van der Waals surface area contributed by atoms with Crippen molar-refractivity contribution >= 4 is 22.5 Å². The monoisotopic (exact) mass is 350 g/mol. The van der Waals surface area contributed by atoms with E-state index in [1.54, 1.807) is 18.5 Å². The molecule has 2 aromatic heterocycles. The number of likely N-dealkylation sites (N-methyl/N-ethyl adjacent to an activating group) is 1. The molecule has 1 aliphatic rings. The highest BCUT2D eigenvalue weighted by atomic mass is 19.1. The standard InChI is InChI=1S/C19H19FN6/c1-2-26(17-4-3-13(10-21)9-16(17)20)14-6-8-25(11-14)19-15-5-7-22-18(15)23-12-24-19/h3-5,7,9,12,14H,2,6,8,11H2,1H3,(H,22,23,24)/t14-/m1/s1. The Morgan fingerprint density at radius 1 is 1.38 bits per heavy atom. The van der Waals surface area contributed by atoms with Gasteiger partial charge in [0, 0.05) is 31.9 Å². The number of H-pyrrole nitrogens is 1. The van der Waals surface area contributed by atoms with Gasteiger partial charge in [-0.05, 0) is 37.6 Å². The van der Waals surface area contributed by atoms with Crippen LogP contribution >= 0.6 is 0 Å². The first-order valence-corrected chi connectivity index (χ1v) is 8.70. The molecule has 1 saturated heterocycles. The number of hydrogen-bond donors (Lipinski definition) is 1. The number of rotatable bonds is 4. The van der Waals surface area contributed by atoms with Gasteiger partial charge in [0.15, 0.2) is 0 Å². The van der Waals surface area contributed by atoms with Crippen molar-refractivity contribution in [3.05, 3.63) is 48.2 Å². The van der Waals surface area contributed by atoms with E-state index in [0.717, 1.165) is 36.4 Å². The fourth-order valence-electron chi connectivity index (χ4n) is 3.73. The van der Waals surface area contributed by atoms with Crippen molar-refractivity contribution in [1.29, 1.82) is 5.26 Å². The van der Waals surface area contributed by atoms with Crippen LogP contribution in [-0.2, 0) is 0 Å². The minimum absolute atomic E-state index is 0.186. The van der Waals surface area contributed by atoms with Gasteiger partial charge in [0.25, 0.3) is 0 Å². The lowest BCUT2D eigenvalue weighted by atomic mass is 10.1. The summed E-state index contributed by atoms with van der Waals surface area (Å²) < 4.78 is 14.5. The van der Waals surface area contributed by atoms with Crippen LogP contribution in [0, 0.1) is 17.1 Å². The van der Waals surface area contributed by atoms with Crippen LogP contribution in [0.1, 0.15) is 18.9 Å². The molecular weight excluding hydrogens is 331 g/mol. The number of benzene rings is 1. The van der Waals surface area contributed by atoms with Crippen molar-refractivity contribution in [2.75, 3.05) is 29.4 Å².